The van der Waals surface area contributed by atoms with E-state index >= 15 is 0 Å². The van der Waals surface area contributed by atoms with E-state index in [-0.39, 0.29) is 0 Å². The molecular formula is C10H8ClN3. The summed E-state index contributed by atoms with van der Waals surface area (Å²) in [5, 5.41) is 10.3. The van der Waals surface area contributed by atoms with Crippen molar-refractivity contribution < 1.29 is 0 Å². The lowest BCUT2D eigenvalue weighted by molar-refractivity contribution is 0.949. The van der Waals surface area contributed by atoms with Gasteiger partial charge >= 0.3 is 0 Å². The number of nitrogens with zero attached hydrogens (tertiary/aromatic N) is 2. The van der Waals surface area contributed by atoms with Crippen molar-refractivity contribution in [2.24, 2.45) is 7.05 Å². The van der Waals surface area contributed by atoms with Crippen LogP contribution in [0.25, 0.3) is 10.9 Å². The van der Waals surface area contributed by atoms with Crippen molar-refractivity contribution in [3.05, 3.63) is 28.9 Å². The maximum absolute atomic E-state index is 8.90. The average Bonchev–Trinajstić information content (AvgIpc) is 2.41. The van der Waals surface area contributed by atoms with Crippen LogP contribution in [0.2, 0.25) is 5.02 Å². The van der Waals surface area contributed by atoms with E-state index in [9.17, 15) is 0 Å². The minimum absolute atomic E-state index is 0.452. The Morgan fingerprint density at radius 2 is 2.21 bits per heavy atom. The zero-order valence-electron chi connectivity index (χ0n) is 7.58. The Bertz CT molecular complexity index is 548. The van der Waals surface area contributed by atoms with Crippen molar-refractivity contribution in [3.8, 4) is 6.07 Å². The molecule has 0 aliphatic heterocycles. The molecule has 0 saturated carbocycles. The van der Waals surface area contributed by atoms with Gasteiger partial charge in [0.05, 0.1) is 16.2 Å². The average molecular weight is 206 g/mol. The summed E-state index contributed by atoms with van der Waals surface area (Å²) in [7, 11) is 1.78. The zero-order valence-corrected chi connectivity index (χ0v) is 8.34. The number of nitrogens with two attached hydrogens (primary N) is 1. The lowest BCUT2D eigenvalue weighted by Gasteiger charge is -1.98. The number of aryl methyl sites for hydroxylation is 1. The van der Waals surface area contributed by atoms with Gasteiger partial charge in [0.1, 0.15) is 11.8 Å². The van der Waals surface area contributed by atoms with E-state index in [2.05, 4.69) is 6.07 Å². The second-order valence-electron chi connectivity index (χ2n) is 3.07. The van der Waals surface area contributed by atoms with Gasteiger partial charge in [-0.1, -0.05) is 23.7 Å². The van der Waals surface area contributed by atoms with Crippen LogP contribution in [0.15, 0.2) is 18.2 Å². The third-order valence-electron chi connectivity index (χ3n) is 2.31. The molecule has 0 fully saturated rings. The van der Waals surface area contributed by atoms with Crippen molar-refractivity contribution in [1.82, 2.24) is 4.57 Å². The molecule has 0 aliphatic rings. The molecule has 0 spiro atoms. The summed E-state index contributed by atoms with van der Waals surface area (Å²) >= 11 is 6.02. The monoisotopic (exact) mass is 205 g/mol. The Kier molecular flexibility index (Phi) is 1.87. The molecule has 2 rings (SSSR count). The Morgan fingerprint density at radius 1 is 1.50 bits per heavy atom. The molecular weight excluding hydrogens is 198 g/mol. The summed E-state index contributed by atoms with van der Waals surface area (Å²) in [6.07, 6.45) is 0. The number of para-hydroxylation sites is 1. The fraction of sp³-hybridized carbons (Fsp3) is 0.100. The first-order valence-corrected chi connectivity index (χ1v) is 4.47. The predicted octanol–water partition coefficient (Wildman–Crippen LogP) is 2.29. The highest BCUT2D eigenvalue weighted by molar-refractivity contribution is 6.35. The van der Waals surface area contributed by atoms with Gasteiger partial charge in [-0.3, -0.25) is 0 Å². The van der Waals surface area contributed by atoms with E-state index in [1.165, 1.54) is 0 Å². The molecule has 70 valence electrons. The van der Waals surface area contributed by atoms with Crippen LogP contribution in [-0.2, 0) is 7.05 Å². The molecule has 2 aromatic rings. The summed E-state index contributed by atoms with van der Waals surface area (Å²) < 4.78 is 1.72. The van der Waals surface area contributed by atoms with Gasteiger partial charge in [0.25, 0.3) is 0 Å². The number of nitriles is 1. The van der Waals surface area contributed by atoms with E-state index in [1.807, 2.05) is 12.1 Å². The molecule has 0 saturated heterocycles. The largest absolute Gasteiger partial charge is 0.396 e. The van der Waals surface area contributed by atoms with Crippen LogP contribution in [0.1, 0.15) is 5.69 Å². The number of aromatic nitrogens is 1. The molecule has 0 unspecified atom stereocenters. The minimum Gasteiger partial charge on any atom is -0.396 e. The fourth-order valence-corrected chi connectivity index (χ4v) is 1.93. The fourth-order valence-electron chi connectivity index (χ4n) is 1.63. The standard InChI is InChI=1S/C10H8ClN3/c1-14-8(5-12)9(13)6-3-2-4-7(11)10(6)14/h2-4H,13H2,1H3. The molecule has 1 aromatic carbocycles. The van der Waals surface area contributed by atoms with Crippen molar-refractivity contribution in [2.75, 3.05) is 5.73 Å². The van der Waals surface area contributed by atoms with Gasteiger partial charge in [0.2, 0.25) is 0 Å². The third-order valence-corrected chi connectivity index (χ3v) is 2.61. The minimum atomic E-state index is 0.452. The number of benzene rings is 1. The van der Waals surface area contributed by atoms with Crippen molar-refractivity contribution >= 4 is 28.2 Å². The Balaban J connectivity index is 3.04. The summed E-state index contributed by atoms with van der Waals surface area (Å²) in [5.74, 6) is 0. The topological polar surface area (TPSA) is 54.7 Å². The van der Waals surface area contributed by atoms with Crippen LogP contribution in [0.4, 0.5) is 5.69 Å². The molecule has 14 heavy (non-hydrogen) atoms. The number of rotatable bonds is 0. The SMILES string of the molecule is Cn1c(C#N)c(N)c2cccc(Cl)c21. The second kappa shape index (κ2) is 2.93. The Morgan fingerprint density at radius 3 is 2.79 bits per heavy atom. The van der Waals surface area contributed by atoms with Crippen LogP contribution in [0.5, 0.6) is 0 Å². The summed E-state index contributed by atoms with van der Waals surface area (Å²) in [6, 6.07) is 7.52. The number of nitrogen functional groups attached to an aromatic ring is 1. The first-order chi connectivity index (χ1) is 6.66. The van der Waals surface area contributed by atoms with Gasteiger partial charge in [-0.2, -0.15) is 5.26 Å². The normalized spacial score (nSPS) is 10.4. The summed E-state index contributed by atoms with van der Waals surface area (Å²) in [6.45, 7) is 0. The van der Waals surface area contributed by atoms with Crippen LogP contribution >= 0.6 is 11.6 Å². The van der Waals surface area contributed by atoms with Gasteiger partial charge in [-0.15, -0.1) is 0 Å². The third kappa shape index (κ3) is 0.980. The Labute approximate surface area is 86.3 Å². The lowest BCUT2D eigenvalue weighted by Crippen LogP contribution is -1.93. The lowest BCUT2D eigenvalue weighted by atomic mass is 10.2. The first kappa shape index (κ1) is 8.92. The molecule has 1 aromatic heterocycles. The van der Waals surface area contributed by atoms with Gasteiger partial charge in [0, 0.05) is 12.4 Å². The van der Waals surface area contributed by atoms with Gasteiger partial charge in [0.15, 0.2) is 0 Å². The van der Waals surface area contributed by atoms with E-state index in [1.54, 1.807) is 17.7 Å². The van der Waals surface area contributed by atoms with Gasteiger partial charge in [-0.05, 0) is 6.07 Å². The highest BCUT2D eigenvalue weighted by Gasteiger charge is 2.13. The molecule has 3 nitrogen and oxygen atoms in total. The van der Waals surface area contributed by atoms with Crippen LogP contribution in [0.3, 0.4) is 0 Å². The maximum Gasteiger partial charge on any atom is 0.144 e. The Hall–Kier alpha value is -1.66. The predicted molar refractivity (Wildman–Crippen MR) is 57.1 cm³/mol. The number of hydrogen-bond donors (Lipinski definition) is 1. The van der Waals surface area contributed by atoms with Gasteiger partial charge in [-0.25, -0.2) is 0 Å². The van der Waals surface area contributed by atoms with E-state index in [0.717, 1.165) is 10.9 Å². The maximum atomic E-state index is 8.90. The second-order valence-corrected chi connectivity index (χ2v) is 3.48. The molecule has 0 aliphatic carbocycles. The van der Waals surface area contributed by atoms with Gasteiger partial charge < -0.3 is 10.3 Å². The quantitative estimate of drug-likeness (QED) is 0.718. The van der Waals surface area contributed by atoms with Crippen LogP contribution in [0, 0.1) is 11.3 Å². The number of halogens is 1. The van der Waals surface area contributed by atoms with Crippen LogP contribution < -0.4 is 5.73 Å². The highest BCUT2D eigenvalue weighted by Crippen LogP contribution is 2.31. The van der Waals surface area contributed by atoms with E-state index < -0.39 is 0 Å². The number of hydrogen-bond acceptors (Lipinski definition) is 2. The molecule has 0 atom stereocenters. The van der Waals surface area contributed by atoms with Crippen molar-refractivity contribution in [2.45, 2.75) is 0 Å². The zero-order chi connectivity index (χ0) is 10.3. The molecule has 0 radical (unpaired) electrons. The molecule has 0 amide bonds. The first-order valence-electron chi connectivity index (χ1n) is 4.09. The molecule has 0 bridgehead atoms. The number of anilines is 1. The van der Waals surface area contributed by atoms with E-state index in [4.69, 9.17) is 22.6 Å². The summed E-state index contributed by atoms with van der Waals surface area (Å²) in [5.41, 5.74) is 7.57. The molecule has 2 N–H and O–H groups in total. The summed E-state index contributed by atoms with van der Waals surface area (Å²) in [4.78, 5) is 0. The molecule has 1 heterocycles. The smallest absolute Gasteiger partial charge is 0.144 e. The van der Waals surface area contributed by atoms with E-state index in [0.29, 0.717) is 16.4 Å². The highest BCUT2D eigenvalue weighted by atomic mass is 35.5. The number of fused-ring (bicyclic) bond motifs is 1. The molecule has 4 heteroatoms. The van der Waals surface area contributed by atoms with Crippen molar-refractivity contribution in [3.63, 3.8) is 0 Å². The van der Waals surface area contributed by atoms with Crippen molar-refractivity contribution in [1.29, 1.82) is 5.26 Å². The van der Waals surface area contributed by atoms with Crippen LogP contribution in [-0.4, -0.2) is 4.57 Å².